The van der Waals surface area contributed by atoms with Crippen LogP contribution in [0.2, 0.25) is 0 Å². The summed E-state index contributed by atoms with van der Waals surface area (Å²) in [5.74, 6) is 0.711. The molecule has 0 saturated heterocycles. The molecule has 1 unspecified atom stereocenters. The number of halogens is 1. The molecule has 2 aromatic carbocycles. The van der Waals surface area contributed by atoms with Crippen LogP contribution in [0.15, 0.2) is 48.5 Å². The molecule has 176 valence electrons. The average molecular weight is 456 g/mol. The fraction of sp³-hybridized carbons (Fsp3) is 0.360. The molecular weight excluding hydrogens is 425 g/mol. The number of ether oxygens (including phenoxy) is 2. The van der Waals surface area contributed by atoms with Crippen LogP contribution in [-0.2, 0) is 0 Å². The smallest absolute Gasteiger partial charge is 0.272 e. The van der Waals surface area contributed by atoms with Crippen LogP contribution in [0.4, 0.5) is 4.39 Å². The number of hydrogen-bond acceptors (Lipinski definition) is 5. The first-order valence-electron chi connectivity index (χ1n) is 10.9. The average Bonchev–Trinajstić information content (AvgIpc) is 3.23. The third-order valence-corrected chi connectivity index (χ3v) is 5.27. The van der Waals surface area contributed by atoms with Gasteiger partial charge in [-0.3, -0.25) is 4.79 Å². The Morgan fingerprint density at radius 2 is 1.76 bits per heavy atom. The van der Waals surface area contributed by atoms with E-state index in [-0.39, 0.29) is 30.1 Å². The third kappa shape index (κ3) is 5.70. The van der Waals surface area contributed by atoms with Gasteiger partial charge in [-0.15, -0.1) is 0 Å². The molecule has 1 aromatic heterocycles. The van der Waals surface area contributed by atoms with Crippen LogP contribution in [0.25, 0.3) is 16.9 Å². The zero-order valence-electron chi connectivity index (χ0n) is 19.3. The van der Waals surface area contributed by atoms with Gasteiger partial charge in [-0.25, -0.2) is 9.07 Å². The minimum absolute atomic E-state index is 0.0225. The van der Waals surface area contributed by atoms with E-state index < -0.39 is 0 Å². The van der Waals surface area contributed by atoms with E-state index in [1.165, 1.54) is 12.1 Å². The number of benzene rings is 2. The molecule has 1 amide bonds. The normalized spacial score (nSPS) is 12.0. The number of amides is 1. The van der Waals surface area contributed by atoms with Crippen LogP contribution in [0.5, 0.6) is 11.5 Å². The van der Waals surface area contributed by atoms with Gasteiger partial charge >= 0.3 is 0 Å². The lowest BCUT2D eigenvalue weighted by molar-refractivity contribution is 0.0919. The van der Waals surface area contributed by atoms with Crippen LogP contribution in [0.1, 0.15) is 37.2 Å². The number of rotatable bonds is 10. The van der Waals surface area contributed by atoms with Crippen molar-refractivity contribution in [1.29, 1.82) is 0 Å². The van der Waals surface area contributed by atoms with E-state index >= 15 is 0 Å². The van der Waals surface area contributed by atoms with E-state index in [1.807, 2.05) is 0 Å². The van der Waals surface area contributed by atoms with Crippen molar-refractivity contribution in [2.75, 3.05) is 20.8 Å². The zero-order valence-corrected chi connectivity index (χ0v) is 19.3. The van der Waals surface area contributed by atoms with Crippen molar-refractivity contribution in [2.24, 2.45) is 5.92 Å². The Labute approximate surface area is 193 Å². The quantitative estimate of drug-likeness (QED) is 0.478. The van der Waals surface area contributed by atoms with Crippen LogP contribution < -0.4 is 14.8 Å². The molecule has 0 aliphatic carbocycles. The Balaban J connectivity index is 2.10. The molecule has 3 aromatic rings. The lowest BCUT2D eigenvalue weighted by Gasteiger charge is -2.19. The van der Waals surface area contributed by atoms with Gasteiger partial charge in [0.05, 0.1) is 31.2 Å². The molecule has 1 heterocycles. The maximum Gasteiger partial charge on any atom is 0.272 e. The summed E-state index contributed by atoms with van der Waals surface area (Å²) in [6.07, 6.45) is 1.19. The van der Waals surface area contributed by atoms with Crippen molar-refractivity contribution >= 4 is 5.91 Å². The van der Waals surface area contributed by atoms with Gasteiger partial charge in [0, 0.05) is 12.6 Å². The summed E-state index contributed by atoms with van der Waals surface area (Å²) in [7, 11) is 3.10. The van der Waals surface area contributed by atoms with Gasteiger partial charge in [0.1, 0.15) is 17.3 Å². The zero-order chi connectivity index (χ0) is 24.0. The van der Waals surface area contributed by atoms with E-state index in [1.54, 1.807) is 55.3 Å². The first-order valence-corrected chi connectivity index (χ1v) is 10.9. The molecule has 8 heteroatoms. The molecule has 0 aliphatic rings. The highest BCUT2D eigenvalue weighted by molar-refractivity contribution is 5.94. The maximum atomic E-state index is 13.6. The van der Waals surface area contributed by atoms with E-state index in [0.29, 0.717) is 40.8 Å². The van der Waals surface area contributed by atoms with Crippen LogP contribution in [0.3, 0.4) is 0 Å². The Morgan fingerprint density at radius 3 is 2.30 bits per heavy atom. The fourth-order valence-corrected chi connectivity index (χ4v) is 3.79. The molecule has 1 atom stereocenters. The minimum Gasteiger partial charge on any atom is -0.496 e. The van der Waals surface area contributed by atoms with Crippen LogP contribution in [-0.4, -0.2) is 47.7 Å². The highest BCUT2D eigenvalue weighted by Gasteiger charge is 2.24. The number of carbonyl (C=O) groups excluding carboxylic acids is 1. The molecule has 0 saturated carbocycles. The second-order valence-electron chi connectivity index (χ2n) is 8.15. The number of aromatic nitrogens is 2. The number of methoxy groups -OCH3 is 2. The first-order chi connectivity index (χ1) is 15.9. The second kappa shape index (κ2) is 11.0. The van der Waals surface area contributed by atoms with Crippen molar-refractivity contribution in [3.05, 3.63) is 60.0 Å². The van der Waals surface area contributed by atoms with E-state index in [0.717, 1.165) is 6.42 Å². The van der Waals surface area contributed by atoms with Crippen molar-refractivity contribution < 1.29 is 23.8 Å². The number of aliphatic hydroxyl groups excluding tert-OH is 1. The molecule has 0 bridgehead atoms. The second-order valence-corrected chi connectivity index (χ2v) is 8.15. The van der Waals surface area contributed by atoms with E-state index in [2.05, 4.69) is 24.3 Å². The van der Waals surface area contributed by atoms with Crippen molar-refractivity contribution in [3.8, 4) is 28.4 Å². The largest absolute Gasteiger partial charge is 0.496 e. The summed E-state index contributed by atoms with van der Waals surface area (Å²) in [5, 5.41) is 16.9. The van der Waals surface area contributed by atoms with Gasteiger partial charge in [0.15, 0.2) is 5.69 Å². The molecular formula is C25H30FN3O4. The summed E-state index contributed by atoms with van der Waals surface area (Å²) in [6, 6.07) is 12.7. The Morgan fingerprint density at radius 1 is 1.12 bits per heavy atom. The Bertz CT molecular complexity index is 1060. The molecule has 0 fully saturated rings. The summed E-state index contributed by atoms with van der Waals surface area (Å²) in [6.45, 7) is 4.10. The molecule has 7 nitrogen and oxygen atoms in total. The van der Waals surface area contributed by atoms with Crippen LogP contribution >= 0.6 is 0 Å². The number of carbonyl (C=O) groups is 1. The summed E-state index contributed by atoms with van der Waals surface area (Å²) < 4.78 is 26.2. The Kier molecular flexibility index (Phi) is 8.06. The van der Waals surface area contributed by atoms with Crippen molar-refractivity contribution in [2.45, 2.75) is 32.7 Å². The van der Waals surface area contributed by atoms with Gasteiger partial charge in [-0.05, 0) is 61.2 Å². The third-order valence-electron chi connectivity index (χ3n) is 5.27. The lowest BCUT2D eigenvalue weighted by atomic mass is 10.0. The predicted octanol–water partition coefficient (Wildman–Crippen LogP) is 4.22. The van der Waals surface area contributed by atoms with E-state index in [4.69, 9.17) is 9.47 Å². The SMILES string of the molecule is COc1cccc(OC)c1-c1cc(C(=O)NC(CCO)CC(C)C)nn1-c1ccc(F)cc1. The molecule has 2 N–H and O–H groups in total. The summed E-state index contributed by atoms with van der Waals surface area (Å²) in [5.41, 5.74) is 1.94. The Hall–Kier alpha value is -3.39. The first kappa shape index (κ1) is 24.3. The van der Waals surface area contributed by atoms with Crippen molar-refractivity contribution in [1.82, 2.24) is 15.1 Å². The molecule has 33 heavy (non-hydrogen) atoms. The van der Waals surface area contributed by atoms with E-state index in [9.17, 15) is 14.3 Å². The van der Waals surface area contributed by atoms with Crippen molar-refractivity contribution in [3.63, 3.8) is 0 Å². The molecule has 3 rings (SSSR count). The number of nitrogens with one attached hydrogen (secondary N) is 1. The monoisotopic (exact) mass is 455 g/mol. The van der Waals surface area contributed by atoms with Gasteiger partial charge in [0.25, 0.3) is 5.91 Å². The number of nitrogens with zero attached hydrogens (tertiary/aromatic N) is 2. The molecule has 0 aliphatic heterocycles. The number of aliphatic hydroxyl groups is 1. The summed E-state index contributed by atoms with van der Waals surface area (Å²) in [4.78, 5) is 13.1. The topological polar surface area (TPSA) is 85.6 Å². The lowest BCUT2D eigenvalue weighted by Crippen LogP contribution is -2.36. The van der Waals surface area contributed by atoms with Gasteiger partial charge < -0.3 is 19.9 Å². The fourth-order valence-electron chi connectivity index (χ4n) is 3.79. The standard InChI is InChI=1S/C25H30FN3O4/c1-16(2)14-18(12-13-30)27-25(31)20-15-21(24-22(32-3)6-5-7-23(24)33-4)29(28-20)19-10-8-17(26)9-11-19/h5-11,15-16,18,30H,12-14H2,1-4H3,(H,27,31). The molecule has 0 radical (unpaired) electrons. The molecule has 0 spiro atoms. The highest BCUT2D eigenvalue weighted by atomic mass is 19.1. The summed E-state index contributed by atoms with van der Waals surface area (Å²) >= 11 is 0. The van der Waals surface area contributed by atoms with Gasteiger partial charge in [-0.2, -0.15) is 5.10 Å². The number of hydrogen-bond donors (Lipinski definition) is 2. The minimum atomic E-state index is -0.374. The van der Waals surface area contributed by atoms with Gasteiger partial charge in [0.2, 0.25) is 0 Å². The highest BCUT2D eigenvalue weighted by Crippen LogP contribution is 2.39. The van der Waals surface area contributed by atoms with Gasteiger partial charge in [-0.1, -0.05) is 19.9 Å². The maximum absolute atomic E-state index is 13.6. The van der Waals surface area contributed by atoms with Crippen LogP contribution in [0, 0.1) is 11.7 Å². The predicted molar refractivity (Wildman–Crippen MR) is 124 cm³/mol.